The van der Waals surface area contributed by atoms with Gasteiger partial charge in [0, 0.05) is 6.04 Å². The molecular weight excluding hydrogens is 362 g/mol. The fourth-order valence-corrected chi connectivity index (χ4v) is 4.00. The summed E-state index contributed by atoms with van der Waals surface area (Å²) in [6.45, 7) is 9.91. The molecule has 0 unspecified atom stereocenters. The molecule has 0 spiro atoms. The Morgan fingerprint density at radius 3 is 2.19 bits per heavy atom. The van der Waals surface area contributed by atoms with E-state index in [1.165, 1.54) is 24.8 Å². The highest BCUT2D eigenvalue weighted by atomic mass is 32.2. The molecule has 0 amide bonds. The first-order valence-electron chi connectivity index (χ1n) is 8.77. The molecule has 0 saturated carbocycles. The van der Waals surface area contributed by atoms with Crippen molar-refractivity contribution in [3.63, 3.8) is 0 Å². The van der Waals surface area contributed by atoms with Gasteiger partial charge in [-0.25, -0.2) is 17.9 Å². The van der Waals surface area contributed by atoms with Crippen LogP contribution in [-0.4, -0.2) is 21.5 Å². The Hall–Kier alpha value is -2.18. The summed E-state index contributed by atoms with van der Waals surface area (Å²) in [6, 6.07) is 11.9. The van der Waals surface area contributed by atoms with Crippen molar-refractivity contribution >= 4 is 16.0 Å². The molecule has 0 bridgehead atoms. The Balaban J connectivity index is 2.27. The Labute approximate surface area is 161 Å². The van der Waals surface area contributed by atoms with Crippen molar-refractivity contribution in [3.8, 4) is 0 Å². The monoisotopic (exact) mass is 389 g/mol. The summed E-state index contributed by atoms with van der Waals surface area (Å²) >= 11 is 0. The van der Waals surface area contributed by atoms with Crippen LogP contribution in [0.15, 0.2) is 47.4 Å². The molecular formula is C21H27NO4S. The fourth-order valence-electron chi connectivity index (χ4n) is 2.74. The number of aryl methyl sites for hydroxylation is 1. The lowest BCUT2D eigenvalue weighted by molar-refractivity contribution is 0.0599. The molecule has 0 fully saturated rings. The smallest absolute Gasteiger partial charge is 0.338 e. The number of hydrogen-bond acceptors (Lipinski definition) is 4. The van der Waals surface area contributed by atoms with Crippen molar-refractivity contribution in [3.05, 3.63) is 64.7 Å². The molecule has 0 radical (unpaired) electrons. The Morgan fingerprint density at radius 1 is 1.07 bits per heavy atom. The summed E-state index contributed by atoms with van der Waals surface area (Å²) in [7, 11) is -2.52. The van der Waals surface area contributed by atoms with E-state index in [0.29, 0.717) is 5.56 Å². The van der Waals surface area contributed by atoms with Crippen LogP contribution in [0.4, 0.5) is 0 Å². The highest BCUT2D eigenvalue weighted by molar-refractivity contribution is 7.89. The lowest BCUT2D eigenvalue weighted by atomic mass is 9.86. The van der Waals surface area contributed by atoms with E-state index in [9.17, 15) is 13.2 Å². The zero-order chi connectivity index (χ0) is 20.4. The highest BCUT2D eigenvalue weighted by Crippen LogP contribution is 2.25. The molecule has 0 aliphatic heterocycles. The molecule has 0 aromatic heterocycles. The van der Waals surface area contributed by atoms with E-state index in [2.05, 4.69) is 25.5 Å². The van der Waals surface area contributed by atoms with E-state index in [-0.39, 0.29) is 15.9 Å². The molecule has 6 heteroatoms. The van der Waals surface area contributed by atoms with Gasteiger partial charge in [0.05, 0.1) is 17.6 Å². The van der Waals surface area contributed by atoms with E-state index in [1.54, 1.807) is 19.9 Å². The highest BCUT2D eigenvalue weighted by Gasteiger charge is 2.21. The molecule has 0 aliphatic rings. The average Bonchev–Trinajstić information content (AvgIpc) is 2.60. The summed E-state index contributed by atoms with van der Waals surface area (Å²) in [5.74, 6) is -0.560. The lowest BCUT2D eigenvalue weighted by Crippen LogP contribution is -2.27. The van der Waals surface area contributed by atoms with Crippen molar-refractivity contribution in [2.75, 3.05) is 7.11 Å². The normalized spacial score (nSPS) is 13.3. The van der Waals surface area contributed by atoms with Crippen LogP contribution in [-0.2, 0) is 20.2 Å². The predicted molar refractivity (Wildman–Crippen MR) is 106 cm³/mol. The van der Waals surface area contributed by atoms with Gasteiger partial charge in [-0.3, -0.25) is 0 Å². The van der Waals surface area contributed by atoms with Crippen molar-refractivity contribution < 1.29 is 17.9 Å². The number of hydrogen-bond donors (Lipinski definition) is 1. The molecule has 2 aromatic carbocycles. The minimum Gasteiger partial charge on any atom is -0.465 e. The first kappa shape index (κ1) is 21.1. The minimum absolute atomic E-state index is 0.0339. The Morgan fingerprint density at radius 2 is 1.67 bits per heavy atom. The molecule has 1 N–H and O–H groups in total. The maximum Gasteiger partial charge on any atom is 0.338 e. The zero-order valence-corrected chi connectivity index (χ0v) is 17.5. The lowest BCUT2D eigenvalue weighted by Gasteiger charge is -2.21. The van der Waals surface area contributed by atoms with Crippen LogP contribution in [0, 0.1) is 6.92 Å². The van der Waals surface area contributed by atoms with Crippen molar-refractivity contribution in [1.82, 2.24) is 4.72 Å². The van der Waals surface area contributed by atoms with Gasteiger partial charge in [-0.15, -0.1) is 0 Å². The number of rotatable bonds is 5. The zero-order valence-electron chi connectivity index (χ0n) is 16.7. The average molecular weight is 390 g/mol. The third-order valence-electron chi connectivity index (χ3n) is 4.53. The largest absolute Gasteiger partial charge is 0.465 e. The van der Waals surface area contributed by atoms with Gasteiger partial charge >= 0.3 is 5.97 Å². The topological polar surface area (TPSA) is 72.5 Å². The molecule has 5 nitrogen and oxygen atoms in total. The van der Waals surface area contributed by atoms with Crippen LogP contribution in [0.25, 0.3) is 0 Å². The van der Waals surface area contributed by atoms with Gasteiger partial charge in [-0.05, 0) is 48.1 Å². The third-order valence-corrected chi connectivity index (χ3v) is 6.07. The Bertz CT molecular complexity index is 926. The first-order valence-corrected chi connectivity index (χ1v) is 10.3. The van der Waals surface area contributed by atoms with Gasteiger partial charge in [0.1, 0.15) is 0 Å². The SMILES string of the molecule is COC(=O)c1cc(S(=O)(=O)N[C@H](C)c2ccc(C(C)(C)C)cc2)ccc1C. The molecule has 0 heterocycles. The maximum absolute atomic E-state index is 12.8. The van der Waals surface area contributed by atoms with Crippen LogP contribution in [0.2, 0.25) is 0 Å². The second-order valence-corrected chi connectivity index (χ2v) is 9.40. The number of benzene rings is 2. The van der Waals surface area contributed by atoms with E-state index in [0.717, 1.165) is 5.56 Å². The number of nitrogens with one attached hydrogen (secondary N) is 1. The first-order chi connectivity index (χ1) is 12.5. The van der Waals surface area contributed by atoms with Crippen molar-refractivity contribution in [2.24, 2.45) is 0 Å². The van der Waals surface area contributed by atoms with Crippen molar-refractivity contribution in [2.45, 2.75) is 51.0 Å². The van der Waals surface area contributed by atoms with Gasteiger partial charge in [-0.1, -0.05) is 51.1 Å². The van der Waals surface area contributed by atoms with Crippen LogP contribution in [0.3, 0.4) is 0 Å². The molecule has 1 atom stereocenters. The molecule has 2 aromatic rings. The second-order valence-electron chi connectivity index (χ2n) is 7.68. The number of carbonyl (C=O) groups is 1. The maximum atomic E-state index is 12.8. The summed E-state index contributed by atoms with van der Waals surface area (Å²) < 4.78 is 32.9. The standard InChI is InChI=1S/C21H27NO4S/c1-14-7-12-18(13-19(14)20(23)26-6)27(24,25)22-15(2)16-8-10-17(11-9-16)21(3,4)5/h7-13,15,22H,1-6H3/t15-/m1/s1. The summed E-state index contributed by atoms with van der Waals surface area (Å²) in [5, 5.41) is 0. The van der Waals surface area contributed by atoms with Crippen LogP contribution in [0.1, 0.15) is 60.8 Å². The molecule has 0 saturated heterocycles. The molecule has 146 valence electrons. The van der Waals surface area contributed by atoms with Gasteiger partial charge in [0.25, 0.3) is 0 Å². The second kappa shape index (κ2) is 7.82. The fraction of sp³-hybridized carbons (Fsp3) is 0.381. The summed E-state index contributed by atoms with van der Waals surface area (Å²) in [5.41, 5.74) is 2.98. The van der Waals surface area contributed by atoms with Crippen molar-refractivity contribution in [1.29, 1.82) is 0 Å². The van der Waals surface area contributed by atoms with Gasteiger partial charge in [0.15, 0.2) is 0 Å². The third kappa shape index (κ3) is 4.96. The van der Waals surface area contributed by atoms with Crippen LogP contribution < -0.4 is 4.72 Å². The minimum atomic E-state index is -3.78. The molecule has 2 rings (SSSR count). The molecule has 27 heavy (non-hydrogen) atoms. The van der Waals surface area contributed by atoms with Gasteiger partial charge in [-0.2, -0.15) is 0 Å². The quantitative estimate of drug-likeness (QED) is 0.781. The number of ether oxygens (including phenoxy) is 1. The van der Waals surface area contributed by atoms with Crippen LogP contribution >= 0.6 is 0 Å². The summed E-state index contributed by atoms with van der Waals surface area (Å²) in [4.78, 5) is 11.9. The van der Waals surface area contributed by atoms with E-state index < -0.39 is 22.0 Å². The van der Waals surface area contributed by atoms with E-state index >= 15 is 0 Å². The number of methoxy groups -OCH3 is 1. The number of esters is 1. The van der Waals surface area contributed by atoms with Gasteiger partial charge in [0.2, 0.25) is 10.0 Å². The van der Waals surface area contributed by atoms with Gasteiger partial charge < -0.3 is 4.74 Å². The molecule has 0 aliphatic carbocycles. The number of sulfonamides is 1. The van der Waals surface area contributed by atoms with E-state index in [4.69, 9.17) is 4.74 Å². The Kier molecular flexibility index (Phi) is 6.12. The summed E-state index contributed by atoms with van der Waals surface area (Å²) in [6.07, 6.45) is 0. The number of carbonyl (C=O) groups excluding carboxylic acids is 1. The predicted octanol–water partition coefficient (Wildman–Crippen LogP) is 4.12. The van der Waals surface area contributed by atoms with Crippen LogP contribution in [0.5, 0.6) is 0 Å². The van der Waals surface area contributed by atoms with E-state index in [1.807, 2.05) is 24.3 Å².